The molecule has 11 atom stereocenters. The summed E-state index contributed by atoms with van der Waals surface area (Å²) in [5.41, 5.74) is 1.01. The number of ether oxygens (including phenoxy) is 3. The minimum atomic E-state index is -0.733. The molecule has 8 nitrogen and oxygen atoms in total. The van der Waals surface area contributed by atoms with Crippen molar-refractivity contribution in [2.75, 3.05) is 14.1 Å². The van der Waals surface area contributed by atoms with Crippen molar-refractivity contribution in [3.8, 4) is 0 Å². The Morgan fingerprint density at radius 2 is 1.45 bits per heavy atom. The summed E-state index contributed by atoms with van der Waals surface area (Å²) in [7, 11) is 4.19. The summed E-state index contributed by atoms with van der Waals surface area (Å²) in [6.45, 7) is 14.8. The fraction of sp³-hybridized carbons (Fsp3) is 0.824. The van der Waals surface area contributed by atoms with Gasteiger partial charge in [0.15, 0.2) is 0 Å². The minimum absolute atomic E-state index is 0.0509. The van der Waals surface area contributed by atoms with E-state index in [4.69, 9.17) is 14.2 Å². The van der Waals surface area contributed by atoms with Crippen molar-refractivity contribution in [1.82, 2.24) is 4.90 Å². The fourth-order valence-electron chi connectivity index (χ4n) is 9.84. The SMILES string of the molecule is CC(=O)O[C@@H]1[C@@H](OC(=O)CC(C)=C(C)C)[C@H]2[C@@H](C[C@@H](OC(C)=O)C3C[C@@H](N(C)C)CC[C@@]32C)[C@@H]2CC[C@H](C(C)=O)[C@@]12C. The van der Waals surface area contributed by atoms with Crippen LogP contribution in [0.1, 0.15) is 100 Å². The van der Waals surface area contributed by atoms with E-state index in [0.29, 0.717) is 18.9 Å². The van der Waals surface area contributed by atoms with Gasteiger partial charge in [0, 0.05) is 43.1 Å². The topological polar surface area (TPSA) is 99.2 Å². The molecule has 4 aliphatic carbocycles. The lowest BCUT2D eigenvalue weighted by molar-refractivity contribution is -0.258. The van der Waals surface area contributed by atoms with Crippen molar-refractivity contribution < 1.29 is 33.4 Å². The van der Waals surface area contributed by atoms with Crippen LogP contribution in [0.5, 0.6) is 0 Å². The van der Waals surface area contributed by atoms with Crippen LogP contribution in [0.2, 0.25) is 0 Å². The van der Waals surface area contributed by atoms with E-state index in [0.717, 1.165) is 36.8 Å². The summed E-state index contributed by atoms with van der Waals surface area (Å²) in [6, 6.07) is 0.352. The first-order valence-electron chi connectivity index (χ1n) is 15.9. The van der Waals surface area contributed by atoms with E-state index in [1.54, 1.807) is 6.92 Å². The molecule has 4 aliphatic rings. The van der Waals surface area contributed by atoms with Gasteiger partial charge in [-0.05, 0) is 97.6 Å². The van der Waals surface area contributed by atoms with Crippen LogP contribution in [-0.2, 0) is 33.4 Å². The molecular formula is C34H53NO7. The molecule has 8 heteroatoms. The first-order chi connectivity index (χ1) is 19.5. The zero-order valence-corrected chi connectivity index (χ0v) is 27.5. The summed E-state index contributed by atoms with van der Waals surface area (Å²) in [5, 5.41) is 0. The van der Waals surface area contributed by atoms with E-state index in [-0.39, 0.29) is 65.3 Å². The molecule has 0 aromatic carbocycles. The molecule has 0 aromatic rings. The van der Waals surface area contributed by atoms with Gasteiger partial charge in [0.25, 0.3) is 0 Å². The van der Waals surface area contributed by atoms with Crippen LogP contribution < -0.4 is 0 Å². The average molecular weight is 588 g/mol. The third kappa shape index (κ3) is 5.69. The van der Waals surface area contributed by atoms with Crippen LogP contribution >= 0.6 is 0 Å². The summed E-state index contributed by atoms with van der Waals surface area (Å²) in [5.74, 6) is -1.19. The zero-order valence-electron chi connectivity index (χ0n) is 27.5. The van der Waals surface area contributed by atoms with Crippen molar-refractivity contribution in [2.45, 2.75) is 125 Å². The average Bonchev–Trinajstić information content (AvgIpc) is 3.23. The van der Waals surface area contributed by atoms with E-state index < -0.39 is 23.6 Å². The Morgan fingerprint density at radius 3 is 2.00 bits per heavy atom. The van der Waals surface area contributed by atoms with Crippen LogP contribution in [0.4, 0.5) is 0 Å². The number of hydrogen-bond donors (Lipinski definition) is 0. The monoisotopic (exact) mass is 587 g/mol. The highest BCUT2D eigenvalue weighted by molar-refractivity contribution is 5.80. The van der Waals surface area contributed by atoms with Crippen LogP contribution in [-0.4, -0.2) is 67.0 Å². The predicted molar refractivity (Wildman–Crippen MR) is 159 cm³/mol. The maximum atomic E-state index is 13.6. The maximum absolute atomic E-state index is 13.6. The smallest absolute Gasteiger partial charge is 0.310 e. The Balaban J connectivity index is 1.88. The molecule has 4 fully saturated rings. The van der Waals surface area contributed by atoms with Gasteiger partial charge in [-0.1, -0.05) is 25.0 Å². The van der Waals surface area contributed by atoms with Gasteiger partial charge in [0.2, 0.25) is 0 Å². The van der Waals surface area contributed by atoms with Gasteiger partial charge >= 0.3 is 17.9 Å². The molecule has 0 aromatic heterocycles. The Bertz CT molecular complexity index is 1120. The highest BCUT2D eigenvalue weighted by Gasteiger charge is 2.71. The Morgan fingerprint density at radius 1 is 0.810 bits per heavy atom. The Hall–Kier alpha value is -2.22. The molecule has 4 rings (SSSR count). The Labute approximate surface area is 252 Å². The van der Waals surface area contributed by atoms with Crippen molar-refractivity contribution in [3.63, 3.8) is 0 Å². The molecule has 236 valence electrons. The van der Waals surface area contributed by atoms with Gasteiger partial charge in [-0.3, -0.25) is 19.2 Å². The quantitative estimate of drug-likeness (QED) is 0.218. The van der Waals surface area contributed by atoms with Gasteiger partial charge in [-0.2, -0.15) is 0 Å². The number of fused-ring (bicyclic) bond motifs is 5. The predicted octanol–water partition coefficient (Wildman–Crippen LogP) is 5.52. The van der Waals surface area contributed by atoms with E-state index in [2.05, 4.69) is 32.8 Å². The number of carbonyl (C=O) groups excluding carboxylic acids is 4. The Kier molecular flexibility index (Phi) is 9.38. The second kappa shape index (κ2) is 12.0. The molecule has 1 unspecified atom stereocenters. The van der Waals surface area contributed by atoms with Crippen LogP contribution in [0.3, 0.4) is 0 Å². The van der Waals surface area contributed by atoms with Crippen molar-refractivity contribution >= 4 is 23.7 Å². The fourth-order valence-corrected chi connectivity index (χ4v) is 9.84. The van der Waals surface area contributed by atoms with Crippen LogP contribution in [0.15, 0.2) is 11.1 Å². The summed E-state index contributed by atoms with van der Waals surface area (Å²) >= 11 is 0. The van der Waals surface area contributed by atoms with Crippen LogP contribution in [0, 0.1) is 40.4 Å². The third-order valence-electron chi connectivity index (χ3n) is 12.0. The van der Waals surface area contributed by atoms with E-state index >= 15 is 0 Å². The van der Waals surface area contributed by atoms with Gasteiger partial charge in [0.05, 0.1) is 6.42 Å². The van der Waals surface area contributed by atoms with Gasteiger partial charge in [0.1, 0.15) is 24.1 Å². The van der Waals surface area contributed by atoms with Crippen molar-refractivity contribution in [2.24, 2.45) is 40.4 Å². The normalized spacial score (nSPS) is 40.7. The molecule has 4 saturated carbocycles. The lowest BCUT2D eigenvalue weighted by atomic mass is 9.42. The summed E-state index contributed by atoms with van der Waals surface area (Å²) < 4.78 is 18.8. The standard InChI is InChI=1S/C34H53NO7/c1-18(2)19(3)15-29(39)42-31-30-24(26-12-11-25(20(4)36)34(26,8)32(31)41-22(6)38)17-28(40-21(5)37)27-16-23(35(9)10)13-14-33(27,30)7/h23-28,30-32H,11-17H2,1-10H3/t23-,24-,25+,26-,27?,28+,30+,31-,32+,33-,34+/m0/s1. The van der Waals surface area contributed by atoms with Gasteiger partial charge in [-0.25, -0.2) is 0 Å². The number of Topliss-reactive ketones (excluding diaryl/α,β-unsaturated/α-hetero) is 1. The molecule has 0 heterocycles. The number of nitrogens with zero attached hydrogens (tertiary/aromatic N) is 1. The summed E-state index contributed by atoms with van der Waals surface area (Å²) in [6.07, 6.45) is 3.39. The van der Waals surface area contributed by atoms with Crippen molar-refractivity contribution in [1.29, 1.82) is 0 Å². The molecule has 0 saturated heterocycles. The molecule has 42 heavy (non-hydrogen) atoms. The molecule has 0 radical (unpaired) electrons. The van der Waals surface area contributed by atoms with E-state index in [1.165, 1.54) is 13.8 Å². The summed E-state index contributed by atoms with van der Waals surface area (Å²) in [4.78, 5) is 54.1. The van der Waals surface area contributed by atoms with Gasteiger partial charge < -0.3 is 19.1 Å². The molecule has 0 aliphatic heterocycles. The second-order valence-electron chi connectivity index (χ2n) is 14.7. The first kappa shape index (κ1) is 32.7. The number of allylic oxidation sites excluding steroid dienone is 1. The van der Waals surface area contributed by atoms with Crippen LogP contribution in [0.25, 0.3) is 0 Å². The third-order valence-corrected chi connectivity index (χ3v) is 12.0. The molecule has 0 bridgehead atoms. The molecule has 0 spiro atoms. The van der Waals surface area contributed by atoms with E-state index in [9.17, 15) is 19.2 Å². The largest absolute Gasteiger partial charge is 0.462 e. The first-order valence-corrected chi connectivity index (χ1v) is 15.9. The number of rotatable bonds is 7. The lowest BCUT2D eigenvalue weighted by Gasteiger charge is -2.65. The van der Waals surface area contributed by atoms with E-state index in [1.807, 2.05) is 20.8 Å². The number of esters is 3. The second-order valence-corrected chi connectivity index (χ2v) is 14.7. The number of carbonyl (C=O) groups is 4. The molecular weight excluding hydrogens is 534 g/mol. The lowest BCUT2D eigenvalue weighted by Crippen LogP contribution is -2.69. The highest BCUT2D eigenvalue weighted by Crippen LogP contribution is 2.69. The highest BCUT2D eigenvalue weighted by atomic mass is 16.6. The van der Waals surface area contributed by atoms with Gasteiger partial charge in [-0.15, -0.1) is 0 Å². The number of hydrogen-bond acceptors (Lipinski definition) is 8. The zero-order chi connectivity index (χ0) is 31.3. The van der Waals surface area contributed by atoms with Crippen molar-refractivity contribution in [3.05, 3.63) is 11.1 Å². The molecule has 0 amide bonds. The molecule has 0 N–H and O–H groups in total. The number of ketones is 1. The maximum Gasteiger partial charge on any atom is 0.310 e. The minimum Gasteiger partial charge on any atom is -0.462 e.